The number of hydrogen-bond donors (Lipinski definition) is 1. The standard InChI is InChI=1S/C21H22F3NO4/c1-14-4-7-16(8-5-14)17(13-29-21(22,23)24)20(26)25-11-10-15-6-9-18(27-2)19(12-15)28-3/h4-9,12-13H,10-11H2,1-3H3,(H,25,26). The highest BCUT2D eigenvalue weighted by Crippen LogP contribution is 2.27. The molecule has 0 aromatic heterocycles. The molecule has 0 bridgehead atoms. The quantitative estimate of drug-likeness (QED) is 0.523. The fourth-order valence-electron chi connectivity index (χ4n) is 2.56. The third kappa shape index (κ3) is 6.74. The maximum absolute atomic E-state index is 12.5. The Hall–Kier alpha value is -3.16. The minimum absolute atomic E-state index is 0.212. The lowest BCUT2D eigenvalue weighted by Crippen LogP contribution is -2.27. The molecule has 0 saturated heterocycles. The number of rotatable bonds is 8. The molecule has 0 spiro atoms. The highest BCUT2D eigenvalue weighted by Gasteiger charge is 2.30. The smallest absolute Gasteiger partial charge is 0.493 e. The second-order valence-electron chi connectivity index (χ2n) is 6.16. The van der Waals surface area contributed by atoms with Gasteiger partial charge in [-0.05, 0) is 36.6 Å². The van der Waals surface area contributed by atoms with E-state index in [0.29, 0.717) is 29.7 Å². The molecular formula is C21H22F3NO4. The topological polar surface area (TPSA) is 56.8 Å². The number of benzene rings is 2. The first-order valence-corrected chi connectivity index (χ1v) is 8.74. The van der Waals surface area contributed by atoms with E-state index in [2.05, 4.69) is 10.1 Å². The lowest BCUT2D eigenvalue weighted by atomic mass is 10.0. The Bertz CT molecular complexity index is 861. The number of nitrogens with one attached hydrogen (secondary N) is 1. The normalized spacial score (nSPS) is 11.7. The molecule has 0 aliphatic carbocycles. The zero-order valence-corrected chi connectivity index (χ0v) is 16.3. The summed E-state index contributed by atoms with van der Waals surface area (Å²) in [6.07, 6.45) is -4.00. The van der Waals surface area contributed by atoms with Gasteiger partial charge in [0.2, 0.25) is 0 Å². The largest absolute Gasteiger partial charge is 0.572 e. The molecule has 0 saturated carbocycles. The van der Waals surface area contributed by atoms with Crippen LogP contribution >= 0.6 is 0 Å². The van der Waals surface area contributed by atoms with Crippen molar-refractivity contribution in [1.82, 2.24) is 5.32 Å². The summed E-state index contributed by atoms with van der Waals surface area (Å²) in [5.74, 6) is 0.461. The number of carbonyl (C=O) groups excluding carboxylic acids is 1. The van der Waals surface area contributed by atoms with E-state index in [1.807, 2.05) is 13.0 Å². The van der Waals surface area contributed by atoms with Crippen LogP contribution in [0.5, 0.6) is 11.5 Å². The Balaban J connectivity index is 2.08. The molecule has 0 atom stereocenters. The maximum atomic E-state index is 12.5. The molecule has 1 N–H and O–H groups in total. The maximum Gasteiger partial charge on any atom is 0.572 e. The summed E-state index contributed by atoms with van der Waals surface area (Å²) < 4.78 is 51.5. The minimum atomic E-state index is -4.88. The van der Waals surface area contributed by atoms with E-state index in [9.17, 15) is 18.0 Å². The van der Waals surface area contributed by atoms with E-state index in [1.54, 1.807) is 36.4 Å². The molecule has 0 radical (unpaired) electrons. The van der Waals surface area contributed by atoms with Gasteiger partial charge in [-0.2, -0.15) is 0 Å². The zero-order chi connectivity index (χ0) is 21.4. The number of aryl methyl sites for hydroxylation is 1. The van der Waals surface area contributed by atoms with Gasteiger partial charge in [-0.25, -0.2) is 0 Å². The van der Waals surface area contributed by atoms with Crippen LogP contribution in [0.15, 0.2) is 48.7 Å². The summed E-state index contributed by atoms with van der Waals surface area (Å²) in [4.78, 5) is 12.5. The van der Waals surface area contributed by atoms with Crippen molar-refractivity contribution in [1.29, 1.82) is 0 Å². The summed E-state index contributed by atoms with van der Waals surface area (Å²) in [6, 6.07) is 11.9. The molecule has 0 unspecified atom stereocenters. The fourth-order valence-corrected chi connectivity index (χ4v) is 2.56. The van der Waals surface area contributed by atoms with Crippen LogP contribution in [0.2, 0.25) is 0 Å². The number of ether oxygens (including phenoxy) is 3. The molecule has 5 nitrogen and oxygen atoms in total. The first-order valence-electron chi connectivity index (χ1n) is 8.74. The van der Waals surface area contributed by atoms with Gasteiger partial charge >= 0.3 is 6.36 Å². The van der Waals surface area contributed by atoms with Gasteiger partial charge in [0.25, 0.3) is 5.91 Å². The molecule has 0 aliphatic heterocycles. The molecule has 29 heavy (non-hydrogen) atoms. The molecule has 8 heteroatoms. The third-order valence-corrected chi connectivity index (χ3v) is 4.06. The van der Waals surface area contributed by atoms with Gasteiger partial charge in [-0.3, -0.25) is 4.79 Å². The van der Waals surface area contributed by atoms with Crippen LogP contribution in [0, 0.1) is 6.92 Å². The van der Waals surface area contributed by atoms with Gasteiger partial charge in [-0.15, -0.1) is 13.2 Å². The van der Waals surface area contributed by atoms with Crippen molar-refractivity contribution >= 4 is 11.5 Å². The fraction of sp³-hybridized carbons (Fsp3) is 0.286. The summed E-state index contributed by atoms with van der Waals surface area (Å²) in [5, 5.41) is 2.62. The van der Waals surface area contributed by atoms with Gasteiger partial charge < -0.3 is 19.5 Å². The number of halogens is 3. The molecule has 156 valence electrons. The SMILES string of the molecule is COc1ccc(CCNC(=O)C(=COC(F)(F)F)c2ccc(C)cc2)cc1OC. The Morgan fingerprint density at radius 2 is 1.69 bits per heavy atom. The van der Waals surface area contributed by atoms with E-state index in [4.69, 9.17) is 9.47 Å². The number of hydrogen-bond acceptors (Lipinski definition) is 4. The number of alkyl halides is 3. The van der Waals surface area contributed by atoms with Crippen LogP contribution in [0.4, 0.5) is 13.2 Å². The van der Waals surface area contributed by atoms with Crippen molar-refractivity contribution in [2.45, 2.75) is 19.7 Å². The van der Waals surface area contributed by atoms with Crippen LogP contribution < -0.4 is 14.8 Å². The van der Waals surface area contributed by atoms with Crippen LogP contribution in [-0.2, 0) is 16.0 Å². The van der Waals surface area contributed by atoms with Crippen LogP contribution in [0.25, 0.3) is 5.57 Å². The average molecular weight is 409 g/mol. The molecule has 0 aliphatic rings. The Kier molecular flexibility index (Phi) is 7.52. The van der Waals surface area contributed by atoms with Crippen LogP contribution in [0.3, 0.4) is 0 Å². The number of carbonyl (C=O) groups is 1. The van der Waals surface area contributed by atoms with Gasteiger partial charge in [0, 0.05) is 6.54 Å². The summed E-state index contributed by atoms with van der Waals surface area (Å²) >= 11 is 0. The molecule has 0 fully saturated rings. The van der Waals surface area contributed by atoms with Crippen molar-refractivity contribution in [2.75, 3.05) is 20.8 Å². The van der Waals surface area contributed by atoms with Crippen molar-refractivity contribution in [2.24, 2.45) is 0 Å². The molecule has 2 aromatic rings. The lowest BCUT2D eigenvalue weighted by molar-refractivity contribution is -0.297. The van der Waals surface area contributed by atoms with Crippen molar-refractivity contribution in [3.05, 3.63) is 65.4 Å². The van der Waals surface area contributed by atoms with Gasteiger partial charge in [0.05, 0.1) is 19.8 Å². The van der Waals surface area contributed by atoms with Crippen molar-refractivity contribution < 1.29 is 32.2 Å². The van der Waals surface area contributed by atoms with Crippen molar-refractivity contribution in [3.63, 3.8) is 0 Å². The Morgan fingerprint density at radius 1 is 1.03 bits per heavy atom. The van der Waals surface area contributed by atoms with E-state index >= 15 is 0 Å². The molecule has 0 heterocycles. The van der Waals surface area contributed by atoms with Crippen molar-refractivity contribution in [3.8, 4) is 11.5 Å². The summed E-state index contributed by atoms with van der Waals surface area (Å²) in [7, 11) is 3.04. The molecule has 2 aromatic carbocycles. The van der Waals surface area contributed by atoms with Gasteiger partial charge in [0.1, 0.15) is 6.26 Å². The highest BCUT2D eigenvalue weighted by molar-refractivity contribution is 6.19. The summed E-state index contributed by atoms with van der Waals surface area (Å²) in [6.45, 7) is 2.05. The van der Waals surface area contributed by atoms with E-state index < -0.39 is 12.3 Å². The van der Waals surface area contributed by atoms with E-state index in [1.165, 1.54) is 14.2 Å². The summed E-state index contributed by atoms with van der Waals surface area (Å²) in [5.41, 5.74) is 1.90. The second kappa shape index (κ2) is 9.86. The molecule has 1 amide bonds. The molecular weight excluding hydrogens is 387 g/mol. The highest BCUT2D eigenvalue weighted by atomic mass is 19.4. The Labute approximate surface area is 167 Å². The average Bonchev–Trinajstić information content (AvgIpc) is 2.68. The predicted molar refractivity (Wildman–Crippen MR) is 103 cm³/mol. The van der Waals surface area contributed by atoms with Crippen LogP contribution in [0.1, 0.15) is 16.7 Å². The first-order chi connectivity index (χ1) is 13.7. The van der Waals surface area contributed by atoms with E-state index in [0.717, 1.165) is 11.1 Å². The van der Waals surface area contributed by atoms with E-state index in [-0.39, 0.29) is 12.1 Å². The lowest BCUT2D eigenvalue weighted by Gasteiger charge is -2.12. The van der Waals surface area contributed by atoms with Crippen LogP contribution in [-0.4, -0.2) is 33.0 Å². The molecule has 2 rings (SSSR count). The van der Waals surface area contributed by atoms with Gasteiger partial charge in [-0.1, -0.05) is 35.9 Å². The Morgan fingerprint density at radius 3 is 2.28 bits per heavy atom. The number of amides is 1. The zero-order valence-electron chi connectivity index (χ0n) is 16.3. The van der Waals surface area contributed by atoms with Gasteiger partial charge in [0.15, 0.2) is 11.5 Å². The number of methoxy groups -OCH3 is 2. The minimum Gasteiger partial charge on any atom is -0.493 e. The second-order valence-corrected chi connectivity index (χ2v) is 6.16. The predicted octanol–water partition coefficient (Wildman–Crippen LogP) is 4.25. The first kappa shape index (κ1) is 22.1. The monoisotopic (exact) mass is 409 g/mol. The third-order valence-electron chi connectivity index (χ3n) is 4.06.